The zero-order chi connectivity index (χ0) is 14.1. The first-order valence-electron chi connectivity index (χ1n) is 4.96. The van der Waals surface area contributed by atoms with Gasteiger partial charge in [0.15, 0.2) is 0 Å². The quantitative estimate of drug-likeness (QED) is 0.807. The van der Waals surface area contributed by atoms with E-state index < -0.39 is 23.6 Å². The van der Waals surface area contributed by atoms with E-state index >= 15 is 0 Å². The lowest BCUT2D eigenvalue weighted by Crippen LogP contribution is -2.55. The van der Waals surface area contributed by atoms with Crippen LogP contribution in [0, 0.1) is 0 Å². The number of ether oxygens (including phenoxy) is 2. The second-order valence-electron chi connectivity index (χ2n) is 3.76. The molecule has 0 saturated heterocycles. The highest BCUT2D eigenvalue weighted by Crippen LogP contribution is 2.41. The average molecular weight is 321 g/mol. The summed E-state index contributed by atoms with van der Waals surface area (Å²) in [6.07, 6.45) is 0.122. The fourth-order valence-corrected chi connectivity index (χ4v) is 2.61. The van der Waals surface area contributed by atoms with Crippen LogP contribution in [0.3, 0.4) is 0 Å². The molecule has 2 atom stereocenters. The van der Waals surface area contributed by atoms with Gasteiger partial charge >= 0.3 is 11.9 Å². The summed E-state index contributed by atoms with van der Waals surface area (Å²) in [5.74, 6) is -2.57. The van der Waals surface area contributed by atoms with Gasteiger partial charge < -0.3 is 19.7 Å². The van der Waals surface area contributed by atoms with E-state index in [9.17, 15) is 14.7 Å². The Balaban J connectivity index is 3.55. The Morgan fingerprint density at radius 1 is 1.39 bits per heavy atom. The molecule has 0 radical (unpaired) electrons. The Kier molecular flexibility index (Phi) is 4.31. The van der Waals surface area contributed by atoms with Gasteiger partial charge in [-0.3, -0.25) is 0 Å². The van der Waals surface area contributed by atoms with Gasteiger partial charge in [-0.25, -0.2) is 9.59 Å². The second-order valence-corrected chi connectivity index (χ2v) is 4.56. The molecule has 6 nitrogen and oxygen atoms in total. The van der Waals surface area contributed by atoms with E-state index in [0.29, 0.717) is 5.57 Å². The van der Waals surface area contributed by atoms with Crippen molar-refractivity contribution in [3.8, 4) is 0 Å². The van der Waals surface area contributed by atoms with Gasteiger partial charge in [-0.1, -0.05) is 15.9 Å². The van der Waals surface area contributed by atoms with E-state index in [0.717, 1.165) is 0 Å². The fraction of sp³-hybridized carbons (Fsp3) is 0.455. The number of allylic oxidation sites excluding steroid dienone is 2. The van der Waals surface area contributed by atoms with Gasteiger partial charge in [-0.05, 0) is 18.6 Å². The predicted molar refractivity (Wildman–Crippen MR) is 65.5 cm³/mol. The summed E-state index contributed by atoms with van der Waals surface area (Å²) in [7, 11) is 2.43. The van der Waals surface area contributed by atoms with Gasteiger partial charge in [0, 0.05) is 18.7 Å². The lowest BCUT2D eigenvalue weighted by Gasteiger charge is -2.38. The SMILES string of the molecule is COC1C(C(=O)O)=CC(C)=C(Br)C1(OC)C(=O)O. The monoisotopic (exact) mass is 320 g/mol. The van der Waals surface area contributed by atoms with Crippen LogP contribution in [0.25, 0.3) is 0 Å². The largest absolute Gasteiger partial charge is 0.479 e. The van der Waals surface area contributed by atoms with Crippen LogP contribution in [0.5, 0.6) is 0 Å². The Bertz CT molecular complexity index is 452. The minimum atomic E-state index is -1.89. The van der Waals surface area contributed by atoms with Crippen molar-refractivity contribution in [1.82, 2.24) is 0 Å². The minimum Gasteiger partial charge on any atom is -0.479 e. The number of carbonyl (C=O) groups is 2. The maximum atomic E-state index is 11.5. The highest BCUT2D eigenvalue weighted by molar-refractivity contribution is 9.11. The van der Waals surface area contributed by atoms with Crippen LogP contribution in [0.4, 0.5) is 0 Å². The second kappa shape index (κ2) is 5.21. The van der Waals surface area contributed by atoms with Gasteiger partial charge in [-0.15, -0.1) is 0 Å². The molecular formula is C11H13BrO6. The first kappa shape index (κ1) is 14.9. The van der Waals surface area contributed by atoms with Crippen molar-refractivity contribution in [2.75, 3.05) is 14.2 Å². The molecular weight excluding hydrogens is 308 g/mol. The standard InChI is InChI=1S/C11H13BrO6/c1-5-4-6(9(13)14)8(17-2)11(18-3,7(5)12)10(15)16/h4,8H,1-3H3,(H,13,14)(H,15,16). The van der Waals surface area contributed by atoms with Crippen molar-refractivity contribution in [3.05, 3.63) is 21.7 Å². The highest BCUT2D eigenvalue weighted by Gasteiger charge is 2.55. The van der Waals surface area contributed by atoms with Crippen molar-refractivity contribution in [1.29, 1.82) is 0 Å². The summed E-state index contributed by atoms with van der Waals surface area (Å²) in [4.78, 5) is 22.7. The van der Waals surface area contributed by atoms with Crippen LogP contribution in [0.15, 0.2) is 21.7 Å². The molecule has 7 heteroatoms. The first-order valence-corrected chi connectivity index (χ1v) is 5.75. The molecule has 0 aromatic heterocycles. The zero-order valence-corrected chi connectivity index (χ0v) is 11.6. The molecule has 0 heterocycles. The third-order valence-electron chi connectivity index (χ3n) is 2.82. The van der Waals surface area contributed by atoms with Gasteiger partial charge in [-0.2, -0.15) is 0 Å². The number of carboxylic acids is 2. The lowest BCUT2D eigenvalue weighted by atomic mass is 9.83. The van der Waals surface area contributed by atoms with Crippen LogP contribution in [-0.4, -0.2) is 48.1 Å². The van der Waals surface area contributed by atoms with Crippen molar-refractivity contribution < 1.29 is 29.3 Å². The fourth-order valence-electron chi connectivity index (χ4n) is 1.96. The summed E-state index contributed by atoms with van der Waals surface area (Å²) in [5.41, 5.74) is -1.59. The van der Waals surface area contributed by atoms with Crippen LogP contribution in [-0.2, 0) is 19.1 Å². The van der Waals surface area contributed by atoms with E-state index in [4.69, 9.17) is 14.6 Å². The predicted octanol–water partition coefficient (Wildman–Crippen LogP) is 1.16. The van der Waals surface area contributed by atoms with Crippen molar-refractivity contribution in [3.63, 3.8) is 0 Å². The molecule has 1 rings (SSSR count). The molecule has 0 aromatic rings. The van der Waals surface area contributed by atoms with E-state index in [1.54, 1.807) is 6.92 Å². The topological polar surface area (TPSA) is 93.1 Å². The lowest BCUT2D eigenvalue weighted by molar-refractivity contribution is -0.169. The summed E-state index contributed by atoms with van der Waals surface area (Å²) in [5, 5.41) is 18.5. The Morgan fingerprint density at radius 3 is 2.28 bits per heavy atom. The zero-order valence-electron chi connectivity index (χ0n) is 10.1. The van der Waals surface area contributed by atoms with Gasteiger partial charge in [0.2, 0.25) is 5.60 Å². The molecule has 1 aliphatic carbocycles. The number of methoxy groups -OCH3 is 2. The van der Waals surface area contributed by atoms with E-state index in [-0.39, 0.29) is 10.1 Å². The summed E-state index contributed by atoms with van der Waals surface area (Å²) in [6.45, 7) is 1.59. The molecule has 2 N–H and O–H groups in total. The van der Waals surface area contributed by atoms with Gasteiger partial charge in [0.25, 0.3) is 0 Å². The molecule has 0 amide bonds. The molecule has 2 unspecified atom stereocenters. The normalized spacial score (nSPS) is 28.0. The molecule has 0 saturated carbocycles. The molecule has 0 bridgehead atoms. The van der Waals surface area contributed by atoms with Gasteiger partial charge in [0.1, 0.15) is 6.10 Å². The molecule has 0 fully saturated rings. The highest BCUT2D eigenvalue weighted by atomic mass is 79.9. The number of hydrogen-bond acceptors (Lipinski definition) is 4. The third-order valence-corrected chi connectivity index (χ3v) is 4.03. The molecule has 100 valence electrons. The molecule has 0 aliphatic heterocycles. The van der Waals surface area contributed by atoms with Crippen molar-refractivity contribution >= 4 is 27.9 Å². The summed E-state index contributed by atoms with van der Waals surface area (Å²) >= 11 is 3.15. The average Bonchev–Trinajstić information content (AvgIpc) is 2.31. The molecule has 18 heavy (non-hydrogen) atoms. The number of hydrogen-bond donors (Lipinski definition) is 2. The van der Waals surface area contributed by atoms with Gasteiger partial charge in [0.05, 0.1) is 5.57 Å². The molecule has 0 spiro atoms. The first-order chi connectivity index (χ1) is 8.32. The van der Waals surface area contributed by atoms with Crippen LogP contribution < -0.4 is 0 Å². The summed E-state index contributed by atoms with van der Waals surface area (Å²) < 4.78 is 10.3. The maximum absolute atomic E-state index is 11.5. The number of halogens is 1. The van der Waals surface area contributed by atoms with E-state index in [1.165, 1.54) is 20.3 Å². The Morgan fingerprint density at radius 2 is 1.94 bits per heavy atom. The Hall–Kier alpha value is -1.18. The van der Waals surface area contributed by atoms with Crippen LogP contribution in [0.1, 0.15) is 6.92 Å². The van der Waals surface area contributed by atoms with Crippen molar-refractivity contribution in [2.24, 2.45) is 0 Å². The molecule has 1 aliphatic rings. The Labute approximate surface area is 112 Å². The minimum absolute atomic E-state index is 0.164. The molecule has 0 aromatic carbocycles. The number of aliphatic carboxylic acids is 2. The number of carboxylic acid groups (broad SMARTS) is 2. The third kappa shape index (κ3) is 1.98. The number of rotatable bonds is 4. The van der Waals surface area contributed by atoms with E-state index in [2.05, 4.69) is 15.9 Å². The summed E-state index contributed by atoms with van der Waals surface area (Å²) in [6, 6.07) is 0. The van der Waals surface area contributed by atoms with Crippen LogP contribution in [0.2, 0.25) is 0 Å². The van der Waals surface area contributed by atoms with Crippen molar-refractivity contribution in [2.45, 2.75) is 18.6 Å². The maximum Gasteiger partial charge on any atom is 0.344 e. The van der Waals surface area contributed by atoms with Crippen LogP contribution >= 0.6 is 15.9 Å². The van der Waals surface area contributed by atoms with E-state index in [1.807, 2.05) is 0 Å². The smallest absolute Gasteiger partial charge is 0.344 e.